The standard InChI is InChI=1S/C30H35FN2O2/c1-20-10-5-6-15-25(20)29(35)33-17-9-16-26(27(33)21-11-7-13-23(31)18-21)28(34)32-24-14-8-12-22(19-24)30(2,3)4/h5-8,10-15,19,21,26-27H,9,16-18H2,1-4H3,(H,32,34)/t21?,26?,27-/m0/s1. The van der Waals surface area contributed by atoms with Crippen LogP contribution in [-0.4, -0.2) is 29.3 Å². The second kappa shape index (κ2) is 10.2. The number of nitrogens with zero attached hydrogens (tertiary/aromatic N) is 1. The maximum Gasteiger partial charge on any atom is 0.254 e. The van der Waals surface area contributed by atoms with Gasteiger partial charge in [-0.3, -0.25) is 9.59 Å². The normalized spacial score (nSPS) is 22.5. The summed E-state index contributed by atoms with van der Waals surface area (Å²) in [7, 11) is 0. The maximum atomic E-state index is 14.3. The molecule has 0 bridgehead atoms. The molecule has 1 saturated heterocycles. The zero-order valence-electron chi connectivity index (χ0n) is 21.1. The second-order valence-electron chi connectivity index (χ2n) is 10.7. The third-order valence-corrected chi connectivity index (χ3v) is 7.16. The van der Waals surface area contributed by atoms with Crippen LogP contribution >= 0.6 is 0 Å². The molecule has 4 nitrogen and oxygen atoms in total. The van der Waals surface area contributed by atoms with E-state index in [4.69, 9.17) is 0 Å². The van der Waals surface area contributed by atoms with Crippen molar-refractivity contribution in [2.45, 2.75) is 58.4 Å². The van der Waals surface area contributed by atoms with E-state index in [1.165, 1.54) is 6.08 Å². The molecule has 1 heterocycles. The summed E-state index contributed by atoms with van der Waals surface area (Å²) in [5.41, 5.74) is 3.36. The van der Waals surface area contributed by atoms with E-state index in [1.807, 2.05) is 60.4 Å². The van der Waals surface area contributed by atoms with Gasteiger partial charge in [0.2, 0.25) is 5.91 Å². The summed E-state index contributed by atoms with van der Waals surface area (Å²) in [5, 5.41) is 3.11. The van der Waals surface area contributed by atoms with Crippen LogP contribution in [-0.2, 0) is 10.2 Å². The van der Waals surface area contributed by atoms with Crippen LogP contribution in [0.2, 0.25) is 0 Å². The van der Waals surface area contributed by atoms with Gasteiger partial charge in [-0.05, 0) is 60.6 Å². The molecule has 0 spiro atoms. The Morgan fingerprint density at radius 3 is 2.57 bits per heavy atom. The third-order valence-electron chi connectivity index (χ3n) is 7.16. The highest BCUT2D eigenvalue weighted by Crippen LogP contribution is 2.37. The number of benzene rings is 2. The van der Waals surface area contributed by atoms with Crippen molar-refractivity contribution in [2.75, 3.05) is 11.9 Å². The lowest BCUT2D eigenvalue weighted by atomic mass is 9.77. The van der Waals surface area contributed by atoms with Gasteiger partial charge in [-0.25, -0.2) is 4.39 Å². The van der Waals surface area contributed by atoms with Crippen molar-refractivity contribution in [3.63, 3.8) is 0 Å². The molecule has 2 amide bonds. The summed E-state index contributed by atoms with van der Waals surface area (Å²) in [6.45, 7) is 8.88. The molecule has 0 radical (unpaired) electrons. The van der Waals surface area contributed by atoms with E-state index in [0.717, 1.165) is 23.2 Å². The second-order valence-corrected chi connectivity index (χ2v) is 10.7. The highest BCUT2D eigenvalue weighted by Gasteiger charge is 2.43. The molecule has 35 heavy (non-hydrogen) atoms. The van der Waals surface area contributed by atoms with Gasteiger partial charge in [0.05, 0.1) is 12.0 Å². The molecule has 2 aromatic carbocycles. The number of halogens is 1. The van der Waals surface area contributed by atoms with Gasteiger partial charge < -0.3 is 10.2 Å². The largest absolute Gasteiger partial charge is 0.334 e. The quantitative estimate of drug-likeness (QED) is 0.544. The average Bonchev–Trinajstić information content (AvgIpc) is 2.83. The number of piperidine rings is 1. The molecule has 2 unspecified atom stereocenters. The van der Waals surface area contributed by atoms with Crippen LogP contribution in [0, 0.1) is 18.8 Å². The van der Waals surface area contributed by atoms with Crippen LogP contribution < -0.4 is 5.32 Å². The molecule has 2 aromatic rings. The van der Waals surface area contributed by atoms with Crippen LogP contribution in [0.4, 0.5) is 10.1 Å². The fraction of sp³-hybridized carbons (Fsp3) is 0.400. The molecule has 1 aliphatic heterocycles. The van der Waals surface area contributed by atoms with Crippen molar-refractivity contribution in [1.82, 2.24) is 4.90 Å². The Morgan fingerprint density at radius 2 is 1.86 bits per heavy atom. The lowest BCUT2D eigenvalue weighted by Crippen LogP contribution is -2.55. The number of allylic oxidation sites excluding steroid dienone is 3. The molecule has 0 aromatic heterocycles. The molecule has 1 fully saturated rings. The number of nitrogens with one attached hydrogen (secondary N) is 1. The molecular formula is C30H35FN2O2. The molecule has 1 N–H and O–H groups in total. The van der Waals surface area contributed by atoms with E-state index in [9.17, 15) is 14.0 Å². The number of rotatable bonds is 4. The third kappa shape index (κ3) is 5.55. The smallest absolute Gasteiger partial charge is 0.254 e. The van der Waals surface area contributed by atoms with E-state index < -0.39 is 12.0 Å². The SMILES string of the molecule is Cc1ccccc1C(=O)N1CCCC(C(=O)Nc2cccc(C(C)(C)C)c2)[C@@H]1C1C=CC=C(F)C1. The first-order valence-corrected chi connectivity index (χ1v) is 12.5. The Labute approximate surface area is 207 Å². The maximum absolute atomic E-state index is 14.3. The summed E-state index contributed by atoms with van der Waals surface area (Å²) in [4.78, 5) is 29.2. The van der Waals surface area contributed by atoms with E-state index >= 15 is 0 Å². The van der Waals surface area contributed by atoms with Gasteiger partial charge >= 0.3 is 0 Å². The molecule has 5 heteroatoms. The first-order valence-electron chi connectivity index (χ1n) is 12.5. The van der Waals surface area contributed by atoms with Gasteiger partial charge in [-0.2, -0.15) is 0 Å². The van der Waals surface area contributed by atoms with Crippen LogP contribution in [0.1, 0.15) is 61.5 Å². The van der Waals surface area contributed by atoms with E-state index in [-0.39, 0.29) is 35.4 Å². The average molecular weight is 475 g/mol. The number of hydrogen-bond acceptors (Lipinski definition) is 2. The van der Waals surface area contributed by atoms with Crippen molar-refractivity contribution in [1.29, 1.82) is 0 Å². The Morgan fingerprint density at radius 1 is 1.09 bits per heavy atom. The summed E-state index contributed by atoms with van der Waals surface area (Å²) >= 11 is 0. The molecule has 4 rings (SSSR count). The Kier molecular flexibility index (Phi) is 7.25. The van der Waals surface area contributed by atoms with Crippen molar-refractivity contribution in [3.8, 4) is 0 Å². The highest BCUT2D eigenvalue weighted by molar-refractivity contribution is 5.98. The van der Waals surface area contributed by atoms with E-state index in [0.29, 0.717) is 18.5 Å². The first kappa shape index (κ1) is 24.9. The molecule has 0 saturated carbocycles. The minimum atomic E-state index is -0.435. The predicted octanol–water partition coefficient (Wildman–Crippen LogP) is 6.58. The Bertz CT molecular complexity index is 1160. The van der Waals surface area contributed by atoms with Crippen molar-refractivity contribution < 1.29 is 14.0 Å². The van der Waals surface area contributed by atoms with Gasteiger partial charge in [0.1, 0.15) is 5.83 Å². The number of hydrogen-bond donors (Lipinski definition) is 1. The van der Waals surface area contributed by atoms with Gasteiger partial charge in [-0.1, -0.05) is 63.3 Å². The fourth-order valence-electron chi connectivity index (χ4n) is 5.24. The van der Waals surface area contributed by atoms with Crippen molar-refractivity contribution in [2.24, 2.45) is 11.8 Å². The minimum Gasteiger partial charge on any atom is -0.334 e. The van der Waals surface area contributed by atoms with Crippen LogP contribution in [0.3, 0.4) is 0 Å². The zero-order chi connectivity index (χ0) is 25.2. The minimum absolute atomic E-state index is 0.0401. The van der Waals surface area contributed by atoms with E-state index in [1.54, 1.807) is 6.08 Å². The Hall–Kier alpha value is -3.21. The summed E-state index contributed by atoms with van der Waals surface area (Å²) in [5.74, 6) is -1.13. The number of anilines is 1. The molecule has 3 atom stereocenters. The molecular weight excluding hydrogens is 439 g/mol. The fourth-order valence-corrected chi connectivity index (χ4v) is 5.24. The van der Waals surface area contributed by atoms with Crippen LogP contribution in [0.15, 0.2) is 72.6 Å². The van der Waals surface area contributed by atoms with Crippen molar-refractivity contribution in [3.05, 3.63) is 89.3 Å². The topological polar surface area (TPSA) is 49.4 Å². The van der Waals surface area contributed by atoms with Crippen molar-refractivity contribution >= 4 is 17.5 Å². The van der Waals surface area contributed by atoms with Gasteiger partial charge in [-0.15, -0.1) is 0 Å². The van der Waals surface area contributed by atoms with E-state index in [2.05, 4.69) is 32.2 Å². The number of aryl methyl sites for hydroxylation is 1. The van der Waals surface area contributed by atoms with Gasteiger partial charge in [0, 0.05) is 30.1 Å². The van der Waals surface area contributed by atoms with Gasteiger partial charge in [0.25, 0.3) is 5.91 Å². The predicted molar refractivity (Wildman–Crippen MR) is 139 cm³/mol. The summed E-state index contributed by atoms with van der Waals surface area (Å²) < 4.78 is 14.3. The number of likely N-dealkylation sites (tertiary alicyclic amines) is 1. The number of carbonyl (C=O) groups excluding carboxylic acids is 2. The lowest BCUT2D eigenvalue weighted by molar-refractivity contribution is -0.123. The van der Waals surface area contributed by atoms with Crippen LogP contribution in [0.5, 0.6) is 0 Å². The summed E-state index contributed by atoms with van der Waals surface area (Å²) in [6, 6.07) is 15.0. The highest BCUT2D eigenvalue weighted by atomic mass is 19.1. The number of carbonyl (C=O) groups is 2. The molecule has 2 aliphatic rings. The summed E-state index contributed by atoms with van der Waals surface area (Å²) in [6.07, 6.45) is 6.68. The van der Waals surface area contributed by atoms with Crippen LogP contribution in [0.25, 0.3) is 0 Å². The number of amides is 2. The molecule has 1 aliphatic carbocycles. The monoisotopic (exact) mass is 474 g/mol. The Balaban J connectivity index is 1.65. The zero-order valence-corrected chi connectivity index (χ0v) is 21.1. The molecule has 184 valence electrons. The van der Waals surface area contributed by atoms with Gasteiger partial charge in [0.15, 0.2) is 0 Å². The lowest BCUT2D eigenvalue weighted by Gasteiger charge is -2.44. The first-order chi connectivity index (χ1) is 16.6.